The molecule has 0 amide bonds. The molecule has 96 valence electrons. The van der Waals surface area contributed by atoms with Crippen molar-refractivity contribution in [1.82, 2.24) is 4.98 Å². The first-order valence-electron chi connectivity index (χ1n) is 6.07. The lowest BCUT2D eigenvalue weighted by molar-refractivity contribution is 0.0689. The summed E-state index contributed by atoms with van der Waals surface area (Å²) in [7, 11) is 0. The van der Waals surface area contributed by atoms with Crippen LogP contribution in [-0.2, 0) is 0 Å². The third kappa shape index (κ3) is 6.56. The molecule has 0 spiro atoms. The van der Waals surface area contributed by atoms with Gasteiger partial charge in [-0.15, -0.1) is 0 Å². The maximum Gasteiger partial charge on any atom is 0.354 e. The predicted molar refractivity (Wildman–Crippen MR) is 67.6 cm³/mol. The topological polar surface area (TPSA) is 59.4 Å². The summed E-state index contributed by atoms with van der Waals surface area (Å²) in [5.41, 5.74) is 0.0167. The van der Waals surface area contributed by atoms with Gasteiger partial charge in [0.05, 0.1) is 6.61 Å². The third-order valence-corrected chi connectivity index (χ3v) is 1.94. The molecule has 4 heteroatoms. The number of carboxylic acid groups (broad SMARTS) is 1. The number of aromatic carboxylic acids is 1. The number of nitrogens with zero attached hydrogens (tertiary/aromatic N) is 1. The highest BCUT2D eigenvalue weighted by Gasteiger charge is 2.05. The molecule has 0 saturated heterocycles. The van der Waals surface area contributed by atoms with E-state index in [2.05, 4.69) is 11.9 Å². The second-order valence-electron chi connectivity index (χ2n) is 3.22. The SMILES string of the molecule is CC.CCCCCOc1cccc(C(=O)O)n1. The molecule has 4 nitrogen and oxygen atoms in total. The Morgan fingerprint density at radius 2 is 2.06 bits per heavy atom. The molecule has 1 heterocycles. The minimum atomic E-state index is -1.03. The Bertz CT molecular complexity index is 326. The van der Waals surface area contributed by atoms with E-state index in [1.54, 1.807) is 12.1 Å². The van der Waals surface area contributed by atoms with Crippen LogP contribution in [-0.4, -0.2) is 22.7 Å². The Morgan fingerprint density at radius 3 is 2.65 bits per heavy atom. The maximum absolute atomic E-state index is 10.6. The Kier molecular flexibility index (Phi) is 8.74. The average molecular weight is 239 g/mol. The standard InChI is InChI=1S/C11H15NO3.C2H6/c1-2-3-4-8-15-10-7-5-6-9(12-10)11(13)14;1-2/h5-7H,2-4,8H2,1H3,(H,13,14);1-2H3. The van der Waals surface area contributed by atoms with Crippen molar-refractivity contribution in [2.24, 2.45) is 0 Å². The monoisotopic (exact) mass is 239 g/mol. The van der Waals surface area contributed by atoms with Gasteiger partial charge in [-0.25, -0.2) is 9.78 Å². The minimum absolute atomic E-state index is 0.0167. The summed E-state index contributed by atoms with van der Waals surface area (Å²) in [6.45, 7) is 6.70. The van der Waals surface area contributed by atoms with Gasteiger partial charge in [0, 0.05) is 6.07 Å². The molecule has 0 aromatic carbocycles. The van der Waals surface area contributed by atoms with Gasteiger partial charge in [-0.1, -0.05) is 39.7 Å². The largest absolute Gasteiger partial charge is 0.478 e. The van der Waals surface area contributed by atoms with Gasteiger partial charge in [0.1, 0.15) is 0 Å². The second-order valence-corrected chi connectivity index (χ2v) is 3.22. The zero-order chi connectivity index (χ0) is 13.1. The Morgan fingerprint density at radius 1 is 1.35 bits per heavy atom. The minimum Gasteiger partial charge on any atom is -0.478 e. The number of unbranched alkanes of at least 4 members (excludes halogenated alkanes) is 2. The van der Waals surface area contributed by atoms with Crippen molar-refractivity contribution in [2.75, 3.05) is 6.61 Å². The van der Waals surface area contributed by atoms with Gasteiger partial charge in [-0.05, 0) is 12.5 Å². The van der Waals surface area contributed by atoms with E-state index >= 15 is 0 Å². The summed E-state index contributed by atoms with van der Waals surface area (Å²) in [5.74, 6) is -0.653. The highest BCUT2D eigenvalue weighted by Crippen LogP contribution is 2.08. The molecule has 0 radical (unpaired) electrons. The van der Waals surface area contributed by atoms with Crippen molar-refractivity contribution < 1.29 is 14.6 Å². The number of hydrogen-bond acceptors (Lipinski definition) is 3. The molecule has 0 saturated carbocycles. The van der Waals surface area contributed by atoms with Gasteiger partial charge in [0.15, 0.2) is 5.69 Å². The molecular formula is C13H21NO3. The van der Waals surface area contributed by atoms with Crippen molar-refractivity contribution in [3.8, 4) is 5.88 Å². The smallest absolute Gasteiger partial charge is 0.354 e. The van der Waals surface area contributed by atoms with Crippen LogP contribution in [0.3, 0.4) is 0 Å². The second kappa shape index (κ2) is 9.63. The summed E-state index contributed by atoms with van der Waals surface area (Å²) in [5, 5.41) is 8.70. The highest BCUT2D eigenvalue weighted by molar-refractivity contribution is 5.85. The summed E-state index contributed by atoms with van der Waals surface area (Å²) < 4.78 is 5.32. The summed E-state index contributed by atoms with van der Waals surface area (Å²) >= 11 is 0. The van der Waals surface area contributed by atoms with E-state index in [9.17, 15) is 4.79 Å². The number of pyridine rings is 1. The van der Waals surface area contributed by atoms with Crippen molar-refractivity contribution >= 4 is 5.97 Å². The van der Waals surface area contributed by atoms with Crippen LogP contribution in [0.15, 0.2) is 18.2 Å². The van der Waals surface area contributed by atoms with Crippen molar-refractivity contribution in [1.29, 1.82) is 0 Å². The van der Waals surface area contributed by atoms with Gasteiger partial charge < -0.3 is 9.84 Å². The first kappa shape index (κ1) is 15.4. The predicted octanol–water partition coefficient (Wildman–Crippen LogP) is 3.38. The molecule has 0 aliphatic rings. The molecule has 1 aromatic rings. The van der Waals surface area contributed by atoms with Crippen LogP contribution < -0.4 is 4.74 Å². The third-order valence-electron chi connectivity index (χ3n) is 1.94. The number of ether oxygens (including phenoxy) is 1. The Labute approximate surface area is 103 Å². The highest BCUT2D eigenvalue weighted by atomic mass is 16.5. The molecule has 0 aliphatic heterocycles. The van der Waals surface area contributed by atoms with Crippen LogP contribution >= 0.6 is 0 Å². The van der Waals surface area contributed by atoms with E-state index in [1.165, 1.54) is 6.07 Å². The number of rotatable bonds is 6. The Hall–Kier alpha value is -1.58. The molecule has 0 aliphatic carbocycles. The molecular weight excluding hydrogens is 218 g/mol. The lowest BCUT2D eigenvalue weighted by atomic mass is 10.3. The molecule has 0 fully saturated rings. The zero-order valence-electron chi connectivity index (χ0n) is 10.8. The molecule has 1 rings (SSSR count). The summed E-state index contributed by atoms with van der Waals surface area (Å²) in [6.07, 6.45) is 3.21. The molecule has 1 aromatic heterocycles. The van der Waals surface area contributed by atoms with Gasteiger partial charge in [-0.2, -0.15) is 0 Å². The van der Waals surface area contributed by atoms with E-state index < -0.39 is 5.97 Å². The quantitative estimate of drug-likeness (QED) is 0.773. The van der Waals surface area contributed by atoms with Crippen molar-refractivity contribution in [3.05, 3.63) is 23.9 Å². The van der Waals surface area contributed by atoms with E-state index in [-0.39, 0.29) is 5.69 Å². The van der Waals surface area contributed by atoms with Crippen molar-refractivity contribution in [2.45, 2.75) is 40.0 Å². The van der Waals surface area contributed by atoms with E-state index in [4.69, 9.17) is 9.84 Å². The number of carbonyl (C=O) groups is 1. The zero-order valence-corrected chi connectivity index (χ0v) is 10.8. The van der Waals surface area contributed by atoms with Gasteiger partial charge in [0.25, 0.3) is 0 Å². The molecule has 1 N–H and O–H groups in total. The van der Waals surface area contributed by atoms with Crippen LogP contribution in [0.1, 0.15) is 50.5 Å². The van der Waals surface area contributed by atoms with Crippen LogP contribution in [0.2, 0.25) is 0 Å². The maximum atomic E-state index is 10.6. The summed E-state index contributed by atoms with van der Waals surface area (Å²) in [4.78, 5) is 14.5. The van der Waals surface area contributed by atoms with Crippen LogP contribution in [0.25, 0.3) is 0 Å². The lowest BCUT2D eigenvalue weighted by Crippen LogP contribution is -2.03. The van der Waals surface area contributed by atoms with Gasteiger partial charge in [0.2, 0.25) is 5.88 Å². The Balaban J connectivity index is 0.00000121. The van der Waals surface area contributed by atoms with Crippen molar-refractivity contribution in [3.63, 3.8) is 0 Å². The molecule has 17 heavy (non-hydrogen) atoms. The van der Waals surface area contributed by atoms with E-state index in [1.807, 2.05) is 13.8 Å². The first-order chi connectivity index (χ1) is 8.24. The molecule has 0 atom stereocenters. The number of hydrogen-bond donors (Lipinski definition) is 1. The fraction of sp³-hybridized carbons (Fsp3) is 0.538. The fourth-order valence-electron chi connectivity index (χ4n) is 1.14. The number of carboxylic acids is 1. The van der Waals surface area contributed by atoms with E-state index in [0.29, 0.717) is 12.5 Å². The van der Waals surface area contributed by atoms with Crippen LogP contribution in [0.4, 0.5) is 0 Å². The number of aromatic nitrogens is 1. The normalized spacial score (nSPS) is 9.12. The molecule has 0 unspecified atom stereocenters. The average Bonchev–Trinajstić information content (AvgIpc) is 2.37. The first-order valence-corrected chi connectivity index (χ1v) is 6.07. The fourth-order valence-corrected chi connectivity index (χ4v) is 1.14. The summed E-state index contributed by atoms with van der Waals surface area (Å²) in [6, 6.07) is 4.74. The van der Waals surface area contributed by atoms with Gasteiger partial charge >= 0.3 is 5.97 Å². The lowest BCUT2D eigenvalue weighted by Gasteiger charge is -2.04. The van der Waals surface area contributed by atoms with Crippen LogP contribution in [0.5, 0.6) is 5.88 Å². The molecule has 0 bridgehead atoms. The van der Waals surface area contributed by atoms with Crippen LogP contribution in [0, 0.1) is 0 Å². The van der Waals surface area contributed by atoms with E-state index in [0.717, 1.165) is 19.3 Å². The van der Waals surface area contributed by atoms with Gasteiger partial charge in [-0.3, -0.25) is 0 Å².